The van der Waals surface area contributed by atoms with Crippen molar-refractivity contribution >= 4 is 17.4 Å². The van der Waals surface area contributed by atoms with Gasteiger partial charge >= 0.3 is 0 Å². The lowest BCUT2D eigenvalue weighted by Crippen LogP contribution is -2.38. The monoisotopic (exact) mass is 448 g/mol. The Morgan fingerprint density at radius 1 is 0.879 bits per heavy atom. The summed E-state index contributed by atoms with van der Waals surface area (Å²) in [6.07, 6.45) is 0. The number of carbonyl (C=O) groups excluding carboxylic acids is 1. The molecule has 8 heteroatoms. The van der Waals surface area contributed by atoms with Crippen LogP contribution in [0.2, 0.25) is 0 Å². The second kappa shape index (κ2) is 10.4. The van der Waals surface area contributed by atoms with Gasteiger partial charge in [0.15, 0.2) is 11.5 Å². The first-order chi connectivity index (χ1) is 15.9. The van der Waals surface area contributed by atoms with Crippen molar-refractivity contribution < 1.29 is 19.0 Å². The number of anilines is 1. The van der Waals surface area contributed by atoms with E-state index >= 15 is 0 Å². The average molecular weight is 449 g/mol. The fourth-order valence-corrected chi connectivity index (χ4v) is 3.69. The SMILES string of the molecule is COc1cc(OC)c(C(C(N)=O)N(Cc2ccccc2)c2ccc(C(=N)N)cc2)cc1OC. The molecule has 5 N–H and O–H groups in total. The van der Waals surface area contributed by atoms with Crippen LogP contribution in [0, 0.1) is 5.41 Å². The molecule has 0 radical (unpaired) electrons. The van der Waals surface area contributed by atoms with Crippen molar-refractivity contribution in [3.8, 4) is 17.2 Å². The number of primary amides is 1. The van der Waals surface area contributed by atoms with Gasteiger partial charge in [0.25, 0.3) is 0 Å². The predicted octanol–water partition coefficient (Wildman–Crippen LogP) is 3.23. The summed E-state index contributed by atoms with van der Waals surface area (Å²) < 4.78 is 16.4. The second-order valence-electron chi connectivity index (χ2n) is 7.33. The average Bonchev–Trinajstić information content (AvgIpc) is 2.83. The van der Waals surface area contributed by atoms with E-state index in [0.29, 0.717) is 34.9 Å². The molecule has 0 fully saturated rings. The van der Waals surface area contributed by atoms with E-state index in [1.54, 1.807) is 24.3 Å². The summed E-state index contributed by atoms with van der Waals surface area (Å²) in [7, 11) is 4.57. The van der Waals surface area contributed by atoms with Gasteiger partial charge in [0.1, 0.15) is 17.6 Å². The molecule has 3 aromatic carbocycles. The number of nitrogens with one attached hydrogen (secondary N) is 1. The molecule has 1 amide bonds. The summed E-state index contributed by atoms with van der Waals surface area (Å²) in [6.45, 7) is 0.394. The minimum absolute atomic E-state index is 0.0378. The summed E-state index contributed by atoms with van der Waals surface area (Å²) in [6, 6.07) is 19.3. The van der Waals surface area contributed by atoms with E-state index in [4.69, 9.17) is 31.1 Å². The number of nitrogen functional groups attached to an aromatic ring is 1. The highest BCUT2D eigenvalue weighted by Gasteiger charge is 2.31. The highest BCUT2D eigenvalue weighted by atomic mass is 16.5. The van der Waals surface area contributed by atoms with Crippen molar-refractivity contribution in [2.45, 2.75) is 12.6 Å². The molecule has 172 valence electrons. The van der Waals surface area contributed by atoms with Crippen molar-refractivity contribution in [3.05, 3.63) is 83.4 Å². The number of ether oxygens (including phenoxy) is 3. The molecule has 0 saturated carbocycles. The maximum atomic E-state index is 12.9. The van der Waals surface area contributed by atoms with E-state index in [1.165, 1.54) is 21.3 Å². The lowest BCUT2D eigenvalue weighted by Gasteiger charge is -2.33. The number of benzene rings is 3. The lowest BCUT2D eigenvalue weighted by atomic mass is 10.00. The molecule has 8 nitrogen and oxygen atoms in total. The quantitative estimate of drug-likeness (QED) is 0.323. The Kier molecular flexibility index (Phi) is 7.40. The standard InChI is InChI=1S/C25H28N4O4/c1-31-20-14-22(33-3)21(32-2)13-19(20)23(25(28)30)29(15-16-7-5-4-6-8-16)18-11-9-17(10-12-18)24(26)27/h4-14,23H,15H2,1-3H3,(H3,26,27)(H2,28,30). The van der Waals surface area contributed by atoms with Crippen LogP contribution in [0.4, 0.5) is 5.69 Å². The molecule has 0 saturated heterocycles. The number of amidine groups is 1. The Hall–Kier alpha value is -4.20. The molecular weight excluding hydrogens is 420 g/mol. The van der Waals surface area contributed by atoms with Crippen LogP contribution in [0.5, 0.6) is 17.2 Å². The number of methoxy groups -OCH3 is 3. The molecule has 0 aliphatic heterocycles. The van der Waals surface area contributed by atoms with Gasteiger partial charge < -0.3 is 30.6 Å². The van der Waals surface area contributed by atoms with Gasteiger partial charge in [0.05, 0.1) is 21.3 Å². The number of rotatable bonds is 10. The number of hydrogen-bond acceptors (Lipinski definition) is 6. The predicted molar refractivity (Wildman–Crippen MR) is 128 cm³/mol. The van der Waals surface area contributed by atoms with Gasteiger partial charge in [-0.1, -0.05) is 30.3 Å². The number of hydrogen-bond donors (Lipinski definition) is 3. The van der Waals surface area contributed by atoms with E-state index in [2.05, 4.69) is 0 Å². The summed E-state index contributed by atoms with van der Waals surface area (Å²) in [5, 5.41) is 7.66. The molecule has 0 aliphatic carbocycles. The molecule has 3 aromatic rings. The molecule has 0 bridgehead atoms. The Morgan fingerprint density at radius 2 is 1.45 bits per heavy atom. The molecule has 33 heavy (non-hydrogen) atoms. The lowest BCUT2D eigenvalue weighted by molar-refractivity contribution is -0.119. The molecule has 1 atom stereocenters. The van der Waals surface area contributed by atoms with Crippen molar-refractivity contribution in [3.63, 3.8) is 0 Å². The molecule has 0 aliphatic rings. The van der Waals surface area contributed by atoms with E-state index in [1.807, 2.05) is 47.4 Å². The molecule has 1 unspecified atom stereocenters. The maximum absolute atomic E-state index is 12.9. The second-order valence-corrected chi connectivity index (χ2v) is 7.33. The van der Waals surface area contributed by atoms with Crippen molar-refractivity contribution in [2.24, 2.45) is 11.5 Å². The first kappa shape index (κ1) is 23.5. The minimum Gasteiger partial charge on any atom is -0.496 e. The van der Waals surface area contributed by atoms with E-state index in [0.717, 1.165) is 11.3 Å². The number of nitrogens with two attached hydrogens (primary N) is 2. The first-order valence-electron chi connectivity index (χ1n) is 10.2. The summed E-state index contributed by atoms with van der Waals surface area (Å²) in [4.78, 5) is 14.8. The zero-order valence-corrected chi connectivity index (χ0v) is 18.9. The van der Waals surface area contributed by atoms with Crippen LogP contribution in [0.1, 0.15) is 22.7 Å². The molecule has 0 heterocycles. The number of amides is 1. The van der Waals surface area contributed by atoms with E-state index in [9.17, 15) is 4.79 Å². The third-order valence-corrected chi connectivity index (χ3v) is 5.32. The van der Waals surface area contributed by atoms with Crippen LogP contribution in [-0.4, -0.2) is 33.1 Å². The van der Waals surface area contributed by atoms with Gasteiger partial charge in [-0.2, -0.15) is 0 Å². The van der Waals surface area contributed by atoms with Crippen LogP contribution in [0.15, 0.2) is 66.7 Å². The topological polar surface area (TPSA) is 124 Å². The maximum Gasteiger partial charge on any atom is 0.244 e. The molecule has 0 spiro atoms. The number of nitrogens with zero attached hydrogens (tertiary/aromatic N) is 1. The van der Waals surface area contributed by atoms with Crippen LogP contribution < -0.4 is 30.6 Å². The highest BCUT2D eigenvalue weighted by molar-refractivity contribution is 5.95. The molecule has 3 rings (SSSR count). The first-order valence-corrected chi connectivity index (χ1v) is 10.2. The smallest absolute Gasteiger partial charge is 0.244 e. The fourth-order valence-electron chi connectivity index (χ4n) is 3.69. The van der Waals surface area contributed by atoms with E-state index in [-0.39, 0.29) is 5.84 Å². The van der Waals surface area contributed by atoms with Crippen LogP contribution >= 0.6 is 0 Å². The summed E-state index contributed by atoms with van der Waals surface area (Å²) in [5.41, 5.74) is 14.4. The van der Waals surface area contributed by atoms with Gasteiger partial charge in [-0.15, -0.1) is 0 Å². The third kappa shape index (κ3) is 5.17. The normalized spacial score (nSPS) is 11.4. The van der Waals surface area contributed by atoms with Crippen LogP contribution in [-0.2, 0) is 11.3 Å². The zero-order chi connectivity index (χ0) is 24.0. The third-order valence-electron chi connectivity index (χ3n) is 5.32. The fraction of sp³-hybridized carbons (Fsp3) is 0.200. The van der Waals surface area contributed by atoms with Crippen molar-refractivity contribution in [1.82, 2.24) is 0 Å². The van der Waals surface area contributed by atoms with Gasteiger partial charge in [-0.25, -0.2) is 0 Å². The van der Waals surface area contributed by atoms with Gasteiger partial charge in [-0.3, -0.25) is 10.2 Å². The minimum atomic E-state index is -0.886. The molecular formula is C25H28N4O4. The van der Waals surface area contributed by atoms with Gasteiger partial charge in [0, 0.05) is 29.4 Å². The van der Waals surface area contributed by atoms with Crippen LogP contribution in [0.25, 0.3) is 0 Å². The van der Waals surface area contributed by atoms with Crippen molar-refractivity contribution in [1.29, 1.82) is 5.41 Å². The van der Waals surface area contributed by atoms with Gasteiger partial charge in [-0.05, 0) is 35.9 Å². The Morgan fingerprint density at radius 3 is 1.97 bits per heavy atom. The zero-order valence-electron chi connectivity index (χ0n) is 18.9. The summed E-state index contributed by atoms with van der Waals surface area (Å²) in [5.74, 6) is 0.763. The van der Waals surface area contributed by atoms with Crippen LogP contribution in [0.3, 0.4) is 0 Å². The Bertz CT molecular complexity index is 1120. The Balaban J connectivity index is 2.18. The van der Waals surface area contributed by atoms with Gasteiger partial charge in [0.2, 0.25) is 5.91 Å². The van der Waals surface area contributed by atoms with E-state index < -0.39 is 11.9 Å². The Labute approximate surface area is 193 Å². The molecule has 0 aromatic heterocycles. The number of carbonyl (C=O) groups is 1. The largest absolute Gasteiger partial charge is 0.496 e. The summed E-state index contributed by atoms with van der Waals surface area (Å²) >= 11 is 0. The van der Waals surface area contributed by atoms with Crippen molar-refractivity contribution in [2.75, 3.05) is 26.2 Å². The highest BCUT2D eigenvalue weighted by Crippen LogP contribution is 2.41.